The molecule has 3 aromatic rings. The van der Waals surface area contributed by atoms with Crippen molar-refractivity contribution in [2.75, 3.05) is 4.90 Å². The van der Waals surface area contributed by atoms with Gasteiger partial charge in [0.2, 0.25) is 0 Å². The Morgan fingerprint density at radius 3 is 1.76 bits per heavy atom. The maximum absolute atomic E-state index is 13.2. The molecule has 0 radical (unpaired) electrons. The van der Waals surface area contributed by atoms with Crippen LogP contribution in [0.5, 0.6) is 0 Å². The van der Waals surface area contributed by atoms with Crippen LogP contribution in [-0.2, 0) is 4.79 Å². The molecular weight excluding hydrogens is 432 g/mol. The Morgan fingerprint density at radius 1 is 0.621 bits per heavy atom. The molecule has 0 spiro atoms. The molecule has 1 saturated heterocycles. The van der Waals surface area contributed by atoms with E-state index in [2.05, 4.69) is 15.9 Å². The van der Waals surface area contributed by atoms with E-state index in [1.54, 1.807) is 29.2 Å². The van der Waals surface area contributed by atoms with Gasteiger partial charge in [-0.05, 0) is 42.0 Å². The highest BCUT2D eigenvalue weighted by atomic mass is 79.9. The minimum atomic E-state index is -0.867. The van der Waals surface area contributed by atoms with Gasteiger partial charge in [-0.25, -0.2) is 0 Å². The van der Waals surface area contributed by atoms with E-state index >= 15 is 0 Å². The Kier molecular flexibility index (Phi) is 4.10. The summed E-state index contributed by atoms with van der Waals surface area (Å²) < 4.78 is 0.905. The number of carbonyl (C=O) groups excluding carboxylic acids is 3. The number of rotatable bonds is 3. The van der Waals surface area contributed by atoms with E-state index < -0.39 is 23.9 Å². The van der Waals surface area contributed by atoms with Gasteiger partial charge in [0, 0.05) is 10.2 Å². The largest absolute Gasteiger partial charge is 0.300 e. The van der Waals surface area contributed by atoms with Crippen molar-refractivity contribution in [2.24, 2.45) is 0 Å². The van der Waals surface area contributed by atoms with Crippen molar-refractivity contribution < 1.29 is 14.4 Å². The summed E-state index contributed by atoms with van der Waals surface area (Å²) in [6.45, 7) is 0. The molecule has 2 atom stereocenters. The summed E-state index contributed by atoms with van der Waals surface area (Å²) >= 11 is 3.41. The molecule has 5 rings (SSSR count). The number of benzene rings is 3. The summed E-state index contributed by atoms with van der Waals surface area (Å²) in [5.74, 6) is -1.10. The fourth-order valence-corrected chi connectivity index (χ4v) is 4.32. The van der Waals surface area contributed by atoms with E-state index in [0.29, 0.717) is 11.1 Å². The number of halogens is 1. The van der Waals surface area contributed by atoms with E-state index in [1.807, 2.05) is 54.6 Å². The zero-order valence-electron chi connectivity index (χ0n) is 15.2. The third kappa shape index (κ3) is 2.63. The van der Waals surface area contributed by atoms with Crippen molar-refractivity contribution in [3.8, 4) is 0 Å². The Balaban J connectivity index is 1.58. The summed E-state index contributed by atoms with van der Waals surface area (Å²) in [6.07, 6.45) is 0. The molecule has 2 aliphatic heterocycles. The van der Waals surface area contributed by atoms with Gasteiger partial charge in [0.15, 0.2) is 0 Å². The van der Waals surface area contributed by atoms with Crippen LogP contribution in [0.3, 0.4) is 0 Å². The average molecular weight is 447 g/mol. The summed E-state index contributed by atoms with van der Waals surface area (Å²) in [4.78, 5) is 42.0. The SMILES string of the molecule is O=C1c2ccccc2C(=O)N1[C@@H]1C(=O)N(c2ccc(Br)cc2)[C@@H]1c1ccccc1. The van der Waals surface area contributed by atoms with Gasteiger partial charge in [-0.3, -0.25) is 19.3 Å². The first kappa shape index (κ1) is 17.8. The summed E-state index contributed by atoms with van der Waals surface area (Å²) in [5.41, 5.74) is 2.29. The topological polar surface area (TPSA) is 57.7 Å². The fourth-order valence-electron chi connectivity index (χ4n) is 4.06. The van der Waals surface area contributed by atoms with Crippen LogP contribution in [-0.4, -0.2) is 28.7 Å². The molecule has 0 bridgehead atoms. The van der Waals surface area contributed by atoms with E-state index in [1.165, 1.54) is 0 Å². The third-order valence-electron chi connectivity index (χ3n) is 5.42. The van der Waals surface area contributed by atoms with E-state index in [0.717, 1.165) is 20.6 Å². The van der Waals surface area contributed by atoms with Gasteiger partial charge >= 0.3 is 0 Å². The summed E-state index contributed by atoms with van der Waals surface area (Å²) in [6, 6.07) is 22.3. The third-order valence-corrected chi connectivity index (χ3v) is 5.95. The van der Waals surface area contributed by atoms with Crippen molar-refractivity contribution in [2.45, 2.75) is 12.1 Å². The fraction of sp³-hybridized carbons (Fsp3) is 0.0870. The molecule has 2 heterocycles. The molecule has 6 heteroatoms. The lowest BCUT2D eigenvalue weighted by atomic mass is 9.86. The molecule has 3 amide bonds. The molecule has 1 fully saturated rings. The molecule has 5 nitrogen and oxygen atoms in total. The minimum absolute atomic E-state index is 0.268. The maximum atomic E-state index is 13.2. The quantitative estimate of drug-likeness (QED) is 0.447. The molecule has 0 unspecified atom stereocenters. The first-order valence-electron chi connectivity index (χ1n) is 9.18. The zero-order chi connectivity index (χ0) is 20.1. The monoisotopic (exact) mass is 446 g/mol. The number of β-lactam (4-membered cyclic amide) rings is 1. The Morgan fingerprint density at radius 2 is 1.17 bits per heavy atom. The van der Waals surface area contributed by atoms with Crippen LogP contribution in [0, 0.1) is 0 Å². The van der Waals surface area contributed by atoms with Gasteiger partial charge in [0.25, 0.3) is 17.7 Å². The van der Waals surface area contributed by atoms with E-state index in [9.17, 15) is 14.4 Å². The number of fused-ring (bicyclic) bond motifs is 1. The van der Waals surface area contributed by atoms with Crippen molar-refractivity contribution in [1.82, 2.24) is 4.90 Å². The molecule has 0 aromatic heterocycles. The van der Waals surface area contributed by atoms with Gasteiger partial charge in [0.1, 0.15) is 6.04 Å². The molecule has 3 aromatic carbocycles. The first-order valence-corrected chi connectivity index (χ1v) is 9.98. The second-order valence-corrected chi connectivity index (χ2v) is 7.93. The lowest BCUT2D eigenvalue weighted by Gasteiger charge is -2.49. The van der Waals surface area contributed by atoms with Gasteiger partial charge in [-0.2, -0.15) is 0 Å². The number of hydrogen-bond donors (Lipinski definition) is 0. The minimum Gasteiger partial charge on any atom is -0.300 e. The molecule has 142 valence electrons. The molecule has 29 heavy (non-hydrogen) atoms. The lowest BCUT2D eigenvalue weighted by molar-refractivity contribution is -0.130. The molecule has 2 aliphatic rings. The second kappa shape index (κ2) is 6.67. The van der Waals surface area contributed by atoms with Crippen LogP contribution in [0.25, 0.3) is 0 Å². The standard InChI is InChI=1S/C23H15BrN2O3/c24-15-10-12-16(13-11-15)25-19(14-6-2-1-3-7-14)20(23(25)29)26-21(27)17-8-4-5-9-18(17)22(26)28/h1-13,19-20H/t19-,20+/m1/s1. The van der Waals surface area contributed by atoms with Crippen molar-refractivity contribution in [1.29, 1.82) is 0 Å². The zero-order valence-corrected chi connectivity index (χ0v) is 16.7. The van der Waals surface area contributed by atoms with Gasteiger partial charge in [-0.1, -0.05) is 58.4 Å². The van der Waals surface area contributed by atoms with Crippen LogP contribution in [0.2, 0.25) is 0 Å². The highest BCUT2D eigenvalue weighted by molar-refractivity contribution is 9.10. The molecular formula is C23H15BrN2O3. The van der Waals surface area contributed by atoms with Gasteiger partial charge in [0.05, 0.1) is 17.2 Å². The Hall–Kier alpha value is -3.25. The summed E-state index contributed by atoms with van der Waals surface area (Å²) in [5, 5.41) is 0. The smallest absolute Gasteiger partial charge is 0.262 e. The number of nitrogens with zero attached hydrogens (tertiary/aromatic N) is 2. The molecule has 0 saturated carbocycles. The van der Waals surface area contributed by atoms with E-state index in [4.69, 9.17) is 0 Å². The van der Waals surface area contributed by atoms with Gasteiger partial charge < -0.3 is 4.90 Å². The average Bonchev–Trinajstić information content (AvgIpc) is 2.99. The maximum Gasteiger partial charge on any atom is 0.262 e. The highest BCUT2D eigenvalue weighted by Crippen LogP contribution is 2.44. The normalized spacial score (nSPS) is 20.7. The lowest BCUT2D eigenvalue weighted by Crippen LogP contribution is -2.67. The van der Waals surface area contributed by atoms with Crippen molar-refractivity contribution in [3.05, 3.63) is 100 Å². The van der Waals surface area contributed by atoms with Crippen LogP contribution < -0.4 is 4.90 Å². The molecule has 0 N–H and O–H groups in total. The van der Waals surface area contributed by atoms with Crippen molar-refractivity contribution in [3.63, 3.8) is 0 Å². The number of imide groups is 1. The van der Waals surface area contributed by atoms with Gasteiger partial charge in [-0.15, -0.1) is 0 Å². The Bertz CT molecular complexity index is 1110. The number of anilines is 1. The van der Waals surface area contributed by atoms with Crippen LogP contribution >= 0.6 is 15.9 Å². The Labute approximate surface area is 175 Å². The predicted octanol–water partition coefficient (Wildman–Crippen LogP) is 4.20. The number of carbonyl (C=O) groups is 3. The highest BCUT2D eigenvalue weighted by Gasteiger charge is 2.57. The van der Waals surface area contributed by atoms with Crippen LogP contribution in [0.15, 0.2) is 83.3 Å². The predicted molar refractivity (Wildman–Crippen MR) is 112 cm³/mol. The van der Waals surface area contributed by atoms with Crippen LogP contribution in [0.4, 0.5) is 5.69 Å². The summed E-state index contributed by atoms with van der Waals surface area (Å²) in [7, 11) is 0. The number of hydrogen-bond acceptors (Lipinski definition) is 3. The second-order valence-electron chi connectivity index (χ2n) is 7.01. The van der Waals surface area contributed by atoms with E-state index in [-0.39, 0.29) is 5.91 Å². The molecule has 0 aliphatic carbocycles. The first-order chi connectivity index (χ1) is 14.1. The number of amides is 3. The van der Waals surface area contributed by atoms with Crippen LogP contribution in [0.1, 0.15) is 32.3 Å². The van der Waals surface area contributed by atoms with Crippen molar-refractivity contribution >= 4 is 39.3 Å².